The fourth-order valence-electron chi connectivity index (χ4n) is 1.41. The van der Waals surface area contributed by atoms with Gasteiger partial charge < -0.3 is 10.6 Å². The van der Waals surface area contributed by atoms with Gasteiger partial charge in [0, 0.05) is 29.4 Å². The quantitative estimate of drug-likeness (QED) is 0.613. The molecule has 104 valence electrons. The minimum absolute atomic E-state index is 0.0299. The predicted octanol–water partition coefficient (Wildman–Crippen LogP) is 2.10. The third-order valence-electron chi connectivity index (χ3n) is 2.32. The lowest BCUT2D eigenvalue weighted by atomic mass is 10.2. The second-order valence-electron chi connectivity index (χ2n) is 4.03. The summed E-state index contributed by atoms with van der Waals surface area (Å²) in [5, 5.41) is 5.38. The summed E-state index contributed by atoms with van der Waals surface area (Å²) in [7, 11) is 0. The van der Waals surface area contributed by atoms with Crippen LogP contribution in [0.25, 0.3) is 0 Å². The van der Waals surface area contributed by atoms with Crippen molar-refractivity contribution in [2.75, 3.05) is 18.8 Å². The summed E-state index contributed by atoms with van der Waals surface area (Å²) in [4.78, 5) is 23.3. The van der Waals surface area contributed by atoms with E-state index in [0.717, 1.165) is 14.9 Å². The first kappa shape index (κ1) is 16.0. The van der Waals surface area contributed by atoms with E-state index in [1.54, 1.807) is 0 Å². The van der Waals surface area contributed by atoms with Crippen LogP contribution in [0.5, 0.6) is 0 Å². The maximum absolute atomic E-state index is 11.6. The molecule has 0 bridgehead atoms. The zero-order valence-corrected chi connectivity index (χ0v) is 13.4. The van der Waals surface area contributed by atoms with Gasteiger partial charge in [-0.25, -0.2) is 0 Å². The van der Waals surface area contributed by atoms with Crippen molar-refractivity contribution < 1.29 is 9.59 Å². The third kappa shape index (κ3) is 6.63. The molecule has 0 heterocycles. The van der Waals surface area contributed by atoms with Gasteiger partial charge in [-0.2, -0.15) is 0 Å². The number of hydrogen-bond acceptors (Lipinski definition) is 3. The van der Waals surface area contributed by atoms with Crippen LogP contribution in [-0.2, 0) is 9.59 Å². The molecule has 0 aliphatic rings. The van der Waals surface area contributed by atoms with E-state index >= 15 is 0 Å². The van der Waals surface area contributed by atoms with Crippen LogP contribution in [0, 0.1) is 6.92 Å². The fraction of sp³-hybridized carbons (Fsp3) is 0.385. The van der Waals surface area contributed by atoms with E-state index in [1.165, 1.54) is 18.7 Å². The number of benzene rings is 1. The van der Waals surface area contributed by atoms with Gasteiger partial charge in [-0.05, 0) is 30.7 Å². The summed E-state index contributed by atoms with van der Waals surface area (Å²) >= 11 is 4.92. The van der Waals surface area contributed by atoms with E-state index in [9.17, 15) is 9.59 Å². The lowest BCUT2D eigenvalue weighted by Crippen LogP contribution is -2.34. The average molecular weight is 345 g/mol. The number of nitrogens with one attached hydrogen (secondary N) is 2. The number of aryl methyl sites for hydroxylation is 1. The van der Waals surface area contributed by atoms with E-state index in [1.807, 2.05) is 25.1 Å². The molecule has 19 heavy (non-hydrogen) atoms. The Kier molecular flexibility index (Phi) is 6.94. The number of carbonyl (C=O) groups is 2. The second-order valence-corrected chi connectivity index (χ2v) is 5.96. The number of carbonyl (C=O) groups excluding carboxylic acids is 2. The predicted molar refractivity (Wildman–Crippen MR) is 81.3 cm³/mol. The molecule has 4 nitrogen and oxygen atoms in total. The van der Waals surface area contributed by atoms with Gasteiger partial charge in [-0.1, -0.05) is 15.9 Å². The van der Waals surface area contributed by atoms with Gasteiger partial charge in [0.05, 0.1) is 5.75 Å². The molecular weight excluding hydrogens is 328 g/mol. The highest BCUT2D eigenvalue weighted by Crippen LogP contribution is 2.24. The monoisotopic (exact) mass is 344 g/mol. The van der Waals surface area contributed by atoms with E-state index in [0.29, 0.717) is 18.8 Å². The molecule has 0 fully saturated rings. The van der Waals surface area contributed by atoms with Gasteiger partial charge in [0.1, 0.15) is 0 Å². The maximum Gasteiger partial charge on any atom is 0.230 e. The lowest BCUT2D eigenvalue weighted by molar-refractivity contribution is -0.120. The van der Waals surface area contributed by atoms with Crippen LogP contribution in [0.1, 0.15) is 12.5 Å². The smallest absolute Gasteiger partial charge is 0.230 e. The molecule has 0 aliphatic carbocycles. The van der Waals surface area contributed by atoms with E-state index in [-0.39, 0.29) is 11.8 Å². The normalized spacial score (nSPS) is 10.1. The van der Waals surface area contributed by atoms with Crippen LogP contribution in [0.15, 0.2) is 27.6 Å². The van der Waals surface area contributed by atoms with Crippen molar-refractivity contribution in [3.8, 4) is 0 Å². The van der Waals surface area contributed by atoms with Crippen molar-refractivity contribution in [3.05, 3.63) is 28.2 Å². The summed E-state index contributed by atoms with van der Waals surface area (Å²) in [5.41, 5.74) is 1.14. The topological polar surface area (TPSA) is 58.2 Å². The van der Waals surface area contributed by atoms with Crippen LogP contribution in [0.4, 0.5) is 0 Å². The summed E-state index contributed by atoms with van der Waals surface area (Å²) in [6, 6.07) is 5.98. The summed E-state index contributed by atoms with van der Waals surface area (Å²) in [5.74, 6) is 0.259. The number of amides is 2. The molecule has 0 saturated heterocycles. The molecule has 6 heteroatoms. The fourth-order valence-corrected chi connectivity index (χ4v) is 2.72. The summed E-state index contributed by atoms with van der Waals surface area (Å²) in [6.45, 7) is 4.39. The van der Waals surface area contributed by atoms with E-state index in [2.05, 4.69) is 26.6 Å². The Bertz CT molecular complexity index is 466. The lowest BCUT2D eigenvalue weighted by Gasteiger charge is -2.07. The zero-order chi connectivity index (χ0) is 14.3. The first-order chi connectivity index (χ1) is 8.99. The summed E-state index contributed by atoms with van der Waals surface area (Å²) in [6.07, 6.45) is 0. The Morgan fingerprint density at radius 3 is 2.58 bits per heavy atom. The van der Waals surface area contributed by atoms with Crippen LogP contribution in [-0.4, -0.2) is 30.7 Å². The highest BCUT2D eigenvalue weighted by molar-refractivity contribution is 9.10. The van der Waals surface area contributed by atoms with Gasteiger partial charge in [0.15, 0.2) is 0 Å². The maximum atomic E-state index is 11.6. The molecule has 0 spiro atoms. The highest BCUT2D eigenvalue weighted by Gasteiger charge is 2.05. The Labute approximate surface area is 125 Å². The number of thioether (sulfide) groups is 1. The van der Waals surface area contributed by atoms with Gasteiger partial charge in [0.2, 0.25) is 11.8 Å². The molecule has 1 aromatic carbocycles. The molecule has 0 aromatic heterocycles. The second kappa shape index (κ2) is 8.22. The van der Waals surface area contributed by atoms with Crippen LogP contribution >= 0.6 is 27.7 Å². The first-order valence-corrected chi connectivity index (χ1v) is 7.67. The molecule has 2 amide bonds. The molecule has 0 aliphatic heterocycles. The van der Waals surface area contributed by atoms with Crippen molar-refractivity contribution >= 4 is 39.5 Å². The number of hydrogen-bond donors (Lipinski definition) is 2. The molecule has 0 unspecified atom stereocenters. The van der Waals surface area contributed by atoms with Crippen LogP contribution < -0.4 is 10.6 Å². The van der Waals surface area contributed by atoms with E-state index in [4.69, 9.17) is 0 Å². The van der Waals surface area contributed by atoms with Gasteiger partial charge >= 0.3 is 0 Å². The Balaban J connectivity index is 2.28. The molecule has 0 atom stereocenters. The molecule has 2 N–H and O–H groups in total. The molecule has 0 radical (unpaired) electrons. The van der Waals surface area contributed by atoms with Crippen molar-refractivity contribution in [1.82, 2.24) is 10.6 Å². The van der Waals surface area contributed by atoms with Crippen molar-refractivity contribution in [3.63, 3.8) is 0 Å². The Hall–Kier alpha value is -1.01. The van der Waals surface area contributed by atoms with Gasteiger partial charge in [-0.15, -0.1) is 11.8 Å². The molecule has 1 rings (SSSR count). The third-order valence-corrected chi connectivity index (χ3v) is 3.99. The zero-order valence-electron chi connectivity index (χ0n) is 11.0. The number of rotatable bonds is 6. The van der Waals surface area contributed by atoms with Crippen LogP contribution in [0.2, 0.25) is 0 Å². The Morgan fingerprint density at radius 1 is 1.26 bits per heavy atom. The standard InChI is InChI=1S/C13H17BrN2O2S/c1-9-7-11(14)3-4-12(9)19-8-13(18)16-6-5-15-10(2)17/h3-4,7H,5-6,8H2,1-2H3,(H,15,17)(H,16,18). The molecule has 1 aromatic rings. The SMILES string of the molecule is CC(=O)NCCNC(=O)CSc1ccc(Br)cc1C. The van der Waals surface area contributed by atoms with E-state index < -0.39 is 0 Å². The Morgan fingerprint density at radius 2 is 1.95 bits per heavy atom. The minimum Gasteiger partial charge on any atom is -0.355 e. The van der Waals surface area contributed by atoms with Gasteiger partial charge in [-0.3, -0.25) is 9.59 Å². The molecule has 0 saturated carbocycles. The van der Waals surface area contributed by atoms with Crippen LogP contribution in [0.3, 0.4) is 0 Å². The molecular formula is C13H17BrN2O2S. The van der Waals surface area contributed by atoms with Crippen molar-refractivity contribution in [2.24, 2.45) is 0 Å². The number of halogens is 1. The minimum atomic E-state index is -0.0888. The largest absolute Gasteiger partial charge is 0.355 e. The average Bonchev–Trinajstić information content (AvgIpc) is 2.33. The highest BCUT2D eigenvalue weighted by atomic mass is 79.9. The first-order valence-electron chi connectivity index (χ1n) is 5.89. The van der Waals surface area contributed by atoms with Crippen molar-refractivity contribution in [2.45, 2.75) is 18.7 Å². The summed E-state index contributed by atoms with van der Waals surface area (Å²) < 4.78 is 1.04. The van der Waals surface area contributed by atoms with Gasteiger partial charge in [0.25, 0.3) is 0 Å². The van der Waals surface area contributed by atoms with Crippen molar-refractivity contribution in [1.29, 1.82) is 0 Å².